The molecule has 0 aliphatic carbocycles. The summed E-state index contributed by atoms with van der Waals surface area (Å²) < 4.78 is 0. The molecule has 0 spiro atoms. The van der Waals surface area contributed by atoms with Crippen molar-refractivity contribution in [1.82, 2.24) is 0 Å². The molecule has 0 amide bonds. The van der Waals surface area contributed by atoms with Crippen molar-refractivity contribution in [3.8, 4) is 0 Å². The van der Waals surface area contributed by atoms with E-state index in [4.69, 9.17) is 60.9 Å². The summed E-state index contributed by atoms with van der Waals surface area (Å²) in [6, 6.07) is 0. The molecule has 0 aliphatic heterocycles. The Hall–Kier alpha value is 2.43. The molecule has 7 heteroatoms. The molecule has 0 saturated carbocycles. The molecular weight excluding hydrogens is 445 g/mol. The Morgan fingerprint density at radius 1 is 0.818 bits per heavy atom. The Labute approximate surface area is 97.3 Å². The zero-order chi connectivity index (χ0) is 9.91. The molecule has 0 aromatic heterocycles. The fraction of sp³-hybridized carbons (Fsp3) is 0.500. The Morgan fingerprint density at radius 2 is 0.818 bits per heavy atom. The van der Waals surface area contributed by atoms with Gasteiger partial charge in [-0.3, -0.25) is 0 Å². The van der Waals surface area contributed by atoms with Gasteiger partial charge in [0.15, 0.2) is 0 Å². The van der Waals surface area contributed by atoms with Crippen molar-refractivity contribution in [3.05, 3.63) is 13.8 Å². The van der Waals surface area contributed by atoms with Gasteiger partial charge >= 0.3 is 49.6 Å². The van der Waals surface area contributed by atoms with Gasteiger partial charge in [-0.15, -0.1) is 11.8 Å². The van der Waals surface area contributed by atoms with Crippen molar-refractivity contribution in [1.29, 1.82) is 0 Å². The molecule has 11 heavy (non-hydrogen) atoms. The van der Waals surface area contributed by atoms with Crippen LogP contribution in [-0.2, 0) is 11.9 Å². The summed E-state index contributed by atoms with van der Waals surface area (Å²) >= 11 is 6.50. The van der Waals surface area contributed by atoms with E-state index < -0.39 is 11.9 Å². The SMILES string of the molecule is [CH2-]CCl.[CH2-]CCl.[Cl][W]([Cl])([Cl])[Cl]. The van der Waals surface area contributed by atoms with Crippen molar-refractivity contribution in [2.24, 2.45) is 0 Å². The molecule has 0 radical (unpaired) electrons. The van der Waals surface area contributed by atoms with Gasteiger partial charge in [0.1, 0.15) is 0 Å². The molecule has 0 rings (SSSR count). The predicted octanol–water partition coefficient (Wildman–Crippen LogP) is 4.87. The minimum absolute atomic E-state index is 0.472. The topological polar surface area (TPSA) is 0 Å². The van der Waals surface area contributed by atoms with E-state index in [0.29, 0.717) is 11.8 Å². The van der Waals surface area contributed by atoms with Crippen molar-refractivity contribution < 1.29 is 11.9 Å². The van der Waals surface area contributed by atoms with Gasteiger partial charge in [-0.05, 0) is 0 Å². The fourth-order valence-corrected chi connectivity index (χ4v) is 0. The molecule has 0 aliphatic rings. The minimum atomic E-state index is -3.28. The summed E-state index contributed by atoms with van der Waals surface area (Å²) in [6.45, 7) is 6.50. The van der Waals surface area contributed by atoms with Crippen LogP contribution in [-0.4, -0.2) is 11.8 Å². The van der Waals surface area contributed by atoms with Crippen LogP contribution < -0.4 is 0 Å². The maximum atomic E-state index is 5.03. The van der Waals surface area contributed by atoms with Gasteiger partial charge in [0.05, 0.1) is 0 Å². The molecule has 0 aromatic carbocycles. The Bertz CT molecular complexity index is 45.0. The Balaban J connectivity index is -0.0000000933. The first-order valence-corrected chi connectivity index (χ1v) is 17.8. The fourth-order valence-electron chi connectivity index (χ4n) is 0. The summed E-state index contributed by atoms with van der Waals surface area (Å²) in [7, 11) is 20.1. The molecule has 0 fully saturated rings. The van der Waals surface area contributed by atoms with E-state index >= 15 is 0 Å². The van der Waals surface area contributed by atoms with Crippen LogP contribution in [0.25, 0.3) is 0 Å². The van der Waals surface area contributed by atoms with Crippen molar-refractivity contribution in [2.45, 2.75) is 0 Å². The number of halogens is 6. The van der Waals surface area contributed by atoms with Gasteiger partial charge in [-0.25, -0.2) is 0 Å². The van der Waals surface area contributed by atoms with E-state index in [1.807, 2.05) is 0 Å². The van der Waals surface area contributed by atoms with Crippen LogP contribution in [0.2, 0.25) is 0 Å². The third kappa shape index (κ3) is 229. The molecule has 0 bridgehead atoms. The van der Waals surface area contributed by atoms with Crippen LogP contribution in [0.5, 0.6) is 0 Å². The molecule has 0 unspecified atom stereocenters. The standard InChI is InChI=1S/2C2H4Cl.4ClH.W/c2*1-2-3;;;;;/h2*1-2H2;4*1H;/q2*-1;;;;;+4/p-4. The maximum absolute atomic E-state index is 5.03. The number of alkyl halides is 2. The van der Waals surface area contributed by atoms with Crippen molar-refractivity contribution >= 4 is 60.9 Å². The zero-order valence-electron chi connectivity index (χ0n) is 5.50. The van der Waals surface area contributed by atoms with Gasteiger partial charge in [-0.1, -0.05) is 0 Å². The van der Waals surface area contributed by atoms with Crippen LogP contribution in [0.4, 0.5) is 0 Å². The quantitative estimate of drug-likeness (QED) is 0.363. The third-order valence-corrected chi connectivity index (χ3v) is 0. The first-order valence-electron chi connectivity index (χ1n) is 2.15. The van der Waals surface area contributed by atoms with E-state index in [1.165, 1.54) is 0 Å². The van der Waals surface area contributed by atoms with Gasteiger partial charge in [0.2, 0.25) is 0 Å². The van der Waals surface area contributed by atoms with E-state index in [2.05, 4.69) is 13.8 Å². The van der Waals surface area contributed by atoms with Gasteiger partial charge in [0.25, 0.3) is 0 Å². The molecule has 0 nitrogen and oxygen atoms in total. The van der Waals surface area contributed by atoms with Crippen molar-refractivity contribution in [2.75, 3.05) is 11.8 Å². The van der Waals surface area contributed by atoms with Gasteiger partial charge < -0.3 is 13.8 Å². The Kier molecular flexibility index (Phi) is 25.9. The number of hydrogen-bond acceptors (Lipinski definition) is 0. The summed E-state index contributed by atoms with van der Waals surface area (Å²) in [4.78, 5) is 0. The molecule has 0 N–H and O–H groups in total. The van der Waals surface area contributed by atoms with E-state index in [0.717, 1.165) is 0 Å². The number of hydrogen-bond donors (Lipinski definition) is 0. The average Bonchev–Trinajstić information content (AvgIpc) is 1.62. The first kappa shape index (κ1) is 19.1. The monoisotopic (exact) mass is 450 g/mol. The van der Waals surface area contributed by atoms with E-state index in [-0.39, 0.29) is 0 Å². The normalized spacial score (nSPS) is 10.2. The second-order valence-electron chi connectivity index (χ2n) is 0.728. The van der Waals surface area contributed by atoms with Crippen LogP contribution in [0.1, 0.15) is 0 Å². The molecule has 0 atom stereocenters. The van der Waals surface area contributed by atoms with Crippen LogP contribution in [0.3, 0.4) is 0 Å². The predicted molar refractivity (Wildman–Crippen MR) is 55.6 cm³/mol. The van der Waals surface area contributed by atoms with Gasteiger partial charge in [-0.2, -0.15) is 23.2 Å². The van der Waals surface area contributed by atoms with E-state index in [1.54, 1.807) is 0 Å². The molecular formula is C4H8Cl6W-2. The van der Waals surface area contributed by atoms with Crippen molar-refractivity contribution in [3.63, 3.8) is 0 Å². The Morgan fingerprint density at radius 3 is 0.818 bits per heavy atom. The molecule has 0 saturated heterocycles. The van der Waals surface area contributed by atoms with Crippen LogP contribution in [0.15, 0.2) is 0 Å². The third-order valence-electron chi connectivity index (χ3n) is 0. The van der Waals surface area contributed by atoms with Gasteiger partial charge in [0, 0.05) is 0 Å². The van der Waals surface area contributed by atoms with E-state index in [9.17, 15) is 0 Å². The second kappa shape index (κ2) is 14.9. The molecule has 74 valence electrons. The summed E-state index contributed by atoms with van der Waals surface area (Å²) in [6.07, 6.45) is 0. The first-order chi connectivity index (χ1) is 4.83. The summed E-state index contributed by atoms with van der Waals surface area (Å²) in [5.41, 5.74) is 0. The summed E-state index contributed by atoms with van der Waals surface area (Å²) in [5.74, 6) is 0.944. The zero-order valence-corrected chi connectivity index (χ0v) is 13.0. The molecule has 0 aromatic rings. The van der Waals surface area contributed by atoms with Crippen LogP contribution in [0, 0.1) is 13.8 Å². The molecule has 0 heterocycles. The second-order valence-corrected chi connectivity index (χ2v) is 26.9. The summed E-state index contributed by atoms with van der Waals surface area (Å²) in [5, 5.41) is 0. The van der Waals surface area contributed by atoms with Crippen LogP contribution >= 0.6 is 60.9 Å². The number of rotatable bonds is 0. The average molecular weight is 453 g/mol.